The average molecular weight is 505 g/mol. The van der Waals surface area contributed by atoms with Crippen molar-refractivity contribution in [2.24, 2.45) is 0 Å². The minimum absolute atomic E-state index is 0.178. The van der Waals surface area contributed by atoms with Gasteiger partial charge in [-0.1, -0.05) is 0 Å². The van der Waals surface area contributed by atoms with Gasteiger partial charge in [0.1, 0.15) is 5.60 Å². The summed E-state index contributed by atoms with van der Waals surface area (Å²) >= 11 is 1.55. The van der Waals surface area contributed by atoms with E-state index < -0.39 is 11.7 Å². The normalized spacial score (nSPS) is 18.7. The molecule has 8 heteroatoms. The molecule has 0 spiro atoms. The number of ether oxygens (including phenoxy) is 1. The Hall–Kier alpha value is -3.15. The molecule has 5 rings (SSSR count). The number of amides is 1. The molecule has 36 heavy (non-hydrogen) atoms. The van der Waals surface area contributed by atoms with Gasteiger partial charge in [-0.2, -0.15) is 5.26 Å². The van der Waals surface area contributed by atoms with Crippen LogP contribution in [-0.2, 0) is 11.2 Å². The Balaban J connectivity index is 1.57. The van der Waals surface area contributed by atoms with Crippen molar-refractivity contribution in [1.82, 2.24) is 9.88 Å². The molecule has 2 aromatic heterocycles. The van der Waals surface area contributed by atoms with Crippen molar-refractivity contribution >= 4 is 33.3 Å². The van der Waals surface area contributed by atoms with Gasteiger partial charge in [0, 0.05) is 53.6 Å². The predicted octanol–water partition coefficient (Wildman–Crippen LogP) is 5.65. The molecule has 1 aromatic carbocycles. The van der Waals surface area contributed by atoms with Gasteiger partial charge in [0.15, 0.2) is 0 Å². The maximum atomic E-state index is 12.7. The Kier molecular flexibility index (Phi) is 6.39. The third-order valence-corrected chi connectivity index (χ3v) is 8.17. The van der Waals surface area contributed by atoms with Crippen molar-refractivity contribution in [1.29, 1.82) is 5.26 Å². The van der Waals surface area contributed by atoms with E-state index in [0.29, 0.717) is 18.7 Å². The van der Waals surface area contributed by atoms with Crippen LogP contribution in [0.2, 0.25) is 0 Å². The number of likely N-dealkylation sites (tertiary alicyclic amines) is 1. The maximum absolute atomic E-state index is 12.7. The molecule has 1 saturated heterocycles. The zero-order valence-corrected chi connectivity index (χ0v) is 22.1. The topological polar surface area (TPSA) is 89.7 Å². The Bertz CT molecular complexity index is 1350. The lowest BCUT2D eigenvalue weighted by Crippen LogP contribution is -2.43. The van der Waals surface area contributed by atoms with Crippen molar-refractivity contribution in [2.45, 2.75) is 64.7 Å². The second-order valence-electron chi connectivity index (χ2n) is 10.7. The number of aliphatic hydroxyl groups is 1. The Morgan fingerprint density at radius 2 is 2.08 bits per heavy atom. The smallest absolute Gasteiger partial charge is 0.410 e. The lowest BCUT2D eigenvalue weighted by Gasteiger charge is -2.38. The molecular formula is C28H32N4O3S. The summed E-state index contributed by atoms with van der Waals surface area (Å²) in [6.07, 6.45) is 3.76. The molecule has 2 aliphatic rings. The first-order chi connectivity index (χ1) is 17.1. The maximum Gasteiger partial charge on any atom is 0.410 e. The molecule has 0 bridgehead atoms. The molecule has 4 heterocycles. The summed E-state index contributed by atoms with van der Waals surface area (Å²) in [5, 5.41) is 20.0. The highest BCUT2D eigenvalue weighted by Gasteiger charge is 2.36. The van der Waals surface area contributed by atoms with Crippen LogP contribution in [0, 0.1) is 11.3 Å². The van der Waals surface area contributed by atoms with E-state index in [0.717, 1.165) is 57.7 Å². The van der Waals surface area contributed by atoms with Crippen LogP contribution in [0.25, 0.3) is 21.3 Å². The summed E-state index contributed by atoms with van der Waals surface area (Å²) in [4.78, 5) is 22.4. The van der Waals surface area contributed by atoms with Crippen molar-refractivity contribution in [3.05, 3.63) is 46.5 Å². The van der Waals surface area contributed by atoms with E-state index in [1.54, 1.807) is 24.5 Å². The number of thiophene rings is 1. The van der Waals surface area contributed by atoms with Gasteiger partial charge in [-0.15, -0.1) is 11.3 Å². The lowest BCUT2D eigenvalue weighted by molar-refractivity contribution is 0.0292. The molecule has 1 fully saturated rings. The highest BCUT2D eigenvalue weighted by molar-refractivity contribution is 7.19. The quantitative estimate of drug-likeness (QED) is 0.496. The van der Waals surface area contributed by atoms with E-state index in [1.807, 2.05) is 49.9 Å². The van der Waals surface area contributed by atoms with Crippen LogP contribution >= 0.6 is 11.3 Å². The number of nitriles is 1. The molecule has 2 atom stereocenters. The number of nitrogens with zero attached hydrogens (tertiary/aromatic N) is 4. The van der Waals surface area contributed by atoms with Gasteiger partial charge in [0.2, 0.25) is 0 Å². The highest BCUT2D eigenvalue weighted by Crippen LogP contribution is 2.44. The number of hydrogen-bond acceptors (Lipinski definition) is 7. The van der Waals surface area contributed by atoms with E-state index in [4.69, 9.17) is 4.74 Å². The number of anilines is 1. The van der Waals surface area contributed by atoms with Crippen LogP contribution in [0.4, 0.5) is 10.5 Å². The van der Waals surface area contributed by atoms with Crippen molar-refractivity contribution in [2.75, 3.05) is 24.5 Å². The minimum atomic E-state index is -0.565. The monoisotopic (exact) mass is 504 g/mol. The molecule has 3 aromatic rings. The van der Waals surface area contributed by atoms with Crippen LogP contribution < -0.4 is 4.90 Å². The zero-order chi connectivity index (χ0) is 25.6. The van der Waals surface area contributed by atoms with Crippen LogP contribution in [0.1, 0.15) is 62.6 Å². The third kappa shape index (κ3) is 4.65. The van der Waals surface area contributed by atoms with Gasteiger partial charge in [-0.3, -0.25) is 4.98 Å². The summed E-state index contributed by atoms with van der Waals surface area (Å²) in [6, 6.07) is 10.5. The average Bonchev–Trinajstić information content (AvgIpc) is 3.49. The van der Waals surface area contributed by atoms with Crippen molar-refractivity contribution in [3.63, 3.8) is 0 Å². The summed E-state index contributed by atoms with van der Waals surface area (Å²) < 4.78 is 6.64. The number of fused-ring (bicyclic) bond motifs is 2. The molecule has 1 amide bonds. The number of pyridine rings is 1. The predicted molar refractivity (Wildman–Crippen MR) is 142 cm³/mol. The van der Waals surface area contributed by atoms with Gasteiger partial charge in [-0.25, -0.2) is 4.79 Å². The molecule has 2 aliphatic heterocycles. The number of aryl methyl sites for hydroxylation is 1. The second kappa shape index (κ2) is 9.38. The zero-order valence-electron chi connectivity index (χ0n) is 21.2. The SMILES string of the molecule is C[C@H](O)c1cc2nccc(-c3cc(C#N)cc4c3N([C@H]3CCN(C(=O)OC(C)(C)C)C3)CCC4)c2s1. The minimum Gasteiger partial charge on any atom is -0.444 e. The molecule has 0 saturated carbocycles. The number of carbonyl (C=O) groups excluding carboxylic acids is 1. The van der Waals surface area contributed by atoms with E-state index in [9.17, 15) is 15.2 Å². The van der Waals surface area contributed by atoms with Crippen LogP contribution in [0.5, 0.6) is 0 Å². The lowest BCUT2D eigenvalue weighted by atomic mass is 9.90. The van der Waals surface area contributed by atoms with Crippen LogP contribution in [-0.4, -0.2) is 52.4 Å². The number of carbonyl (C=O) groups is 1. The molecule has 7 nitrogen and oxygen atoms in total. The van der Waals surface area contributed by atoms with Crippen LogP contribution in [0.15, 0.2) is 30.5 Å². The summed E-state index contributed by atoms with van der Waals surface area (Å²) in [5.41, 5.74) is 5.34. The number of aliphatic hydroxyl groups excluding tert-OH is 1. The number of rotatable bonds is 3. The second-order valence-corrected chi connectivity index (χ2v) is 11.8. The molecule has 188 valence electrons. The van der Waals surface area contributed by atoms with Crippen molar-refractivity contribution < 1.29 is 14.6 Å². The molecule has 0 radical (unpaired) electrons. The third-order valence-electron chi connectivity index (χ3n) is 6.84. The highest BCUT2D eigenvalue weighted by atomic mass is 32.1. The Morgan fingerprint density at radius 1 is 1.28 bits per heavy atom. The fourth-order valence-electron chi connectivity index (χ4n) is 5.27. The Labute approximate surface area is 215 Å². The first-order valence-electron chi connectivity index (χ1n) is 12.5. The summed E-state index contributed by atoms with van der Waals surface area (Å²) in [6.45, 7) is 9.62. The van der Waals surface area contributed by atoms with Gasteiger partial charge >= 0.3 is 6.09 Å². The van der Waals surface area contributed by atoms with E-state index >= 15 is 0 Å². The van der Waals surface area contributed by atoms with E-state index in [1.165, 1.54) is 5.56 Å². The molecule has 1 N–H and O–H groups in total. The first-order valence-corrected chi connectivity index (χ1v) is 13.3. The standard InChI is InChI=1S/C28H32N4O3S/c1-17(33)24-14-23-26(36-24)21(7-9-30-23)22-13-18(15-29)12-19-6-5-10-32(25(19)22)20-8-11-31(16-20)27(34)35-28(2,3)4/h7,9,12-14,17,20,33H,5-6,8,10-11,16H2,1-4H3/t17-,20-/m0/s1. The fourth-order valence-corrected chi connectivity index (χ4v) is 6.35. The first kappa shape index (κ1) is 24.5. The molecule has 0 unspecified atom stereocenters. The number of benzene rings is 1. The van der Waals surface area contributed by atoms with Crippen LogP contribution in [0.3, 0.4) is 0 Å². The molecule has 0 aliphatic carbocycles. The van der Waals surface area contributed by atoms with E-state index in [-0.39, 0.29) is 12.1 Å². The van der Waals surface area contributed by atoms with Gasteiger partial charge in [0.25, 0.3) is 0 Å². The molecular weight excluding hydrogens is 472 g/mol. The largest absolute Gasteiger partial charge is 0.444 e. The van der Waals surface area contributed by atoms with Gasteiger partial charge in [-0.05, 0) is 76.8 Å². The van der Waals surface area contributed by atoms with Gasteiger partial charge < -0.3 is 19.6 Å². The Morgan fingerprint density at radius 3 is 2.81 bits per heavy atom. The summed E-state index contributed by atoms with van der Waals surface area (Å²) in [7, 11) is 0. The summed E-state index contributed by atoms with van der Waals surface area (Å²) in [5.74, 6) is 0. The van der Waals surface area contributed by atoms with E-state index in [2.05, 4.69) is 16.0 Å². The number of hydrogen-bond donors (Lipinski definition) is 1. The van der Waals surface area contributed by atoms with Crippen molar-refractivity contribution in [3.8, 4) is 17.2 Å². The fraction of sp³-hybridized carbons (Fsp3) is 0.464. The van der Waals surface area contributed by atoms with Gasteiger partial charge in [0.05, 0.1) is 28.0 Å². The number of aromatic nitrogens is 1.